The van der Waals surface area contributed by atoms with Crippen LogP contribution in [0.4, 0.5) is 5.69 Å². The van der Waals surface area contributed by atoms with E-state index >= 15 is 0 Å². The molecule has 0 saturated carbocycles. The van der Waals surface area contributed by atoms with Gasteiger partial charge in [0.05, 0.1) is 23.6 Å². The van der Waals surface area contributed by atoms with Crippen molar-refractivity contribution in [1.29, 1.82) is 0 Å². The third kappa shape index (κ3) is 10.4. The molecular formula is C28H37ClN2O5. The normalized spacial score (nSPS) is 13.0. The molecule has 3 rings (SSSR count). The first-order chi connectivity index (χ1) is 17.0. The van der Waals surface area contributed by atoms with E-state index in [1.165, 1.54) is 11.1 Å². The minimum Gasteiger partial charge on any atom is -0.481 e. The predicted octanol–water partition coefficient (Wildman–Crippen LogP) is 5.59. The summed E-state index contributed by atoms with van der Waals surface area (Å²) in [7, 11) is 0. The second kappa shape index (κ2) is 14.0. The van der Waals surface area contributed by atoms with E-state index in [1.54, 1.807) is 0 Å². The van der Waals surface area contributed by atoms with Crippen LogP contribution in [0.15, 0.2) is 36.4 Å². The summed E-state index contributed by atoms with van der Waals surface area (Å²) in [5.74, 6) is -1.93. The quantitative estimate of drug-likeness (QED) is 0.321. The van der Waals surface area contributed by atoms with Crippen molar-refractivity contribution in [3.63, 3.8) is 0 Å². The number of aliphatic carboxylic acids is 2. The Morgan fingerprint density at radius 3 is 2.11 bits per heavy atom. The summed E-state index contributed by atoms with van der Waals surface area (Å²) < 4.78 is 0. The standard InChI is InChI=1S/C24H31ClN2O.C4H6O4/c1-24(2,3)13-10-22(28)19-6-4-17(5-7-19)16-27-23-20-12-15-26-14-11-18(20)8-9-21(23)25;5-3(6)1-2-4(7)8/h4-9,26-27H,10-16H2,1-3H3;1-2H2,(H,5,6)(H,7,8). The second-order valence-corrected chi connectivity index (χ2v) is 10.5. The number of fused-ring (bicyclic) bond motifs is 1. The van der Waals surface area contributed by atoms with Gasteiger partial charge < -0.3 is 20.8 Å². The summed E-state index contributed by atoms with van der Waals surface area (Å²) in [6.07, 6.45) is 2.93. The molecule has 0 bridgehead atoms. The molecule has 4 N–H and O–H groups in total. The lowest BCUT2D eigenvalue weighted by molar-refractivity contribution is -0.143. The maximum atomic E-state index is 12.4. The van der Waals surface area contributed by atoms with Gasteiger partial charge in [-0.15, -0.1) is 0 Å². The molecule has 0 aliphatic carbocycles. The molecule has 0 spiro atoms. The highest BCUT2D eigenvalue weighted by Crippen LogP contribution is 2.31. The van der Waals surface area contributed by atoms with Crippen molar-refractivity contribution in [2.24, 2.45) is 5.41 Å². The van der Waals surface area contributed by atoms with Gasteiger partial charge in [-0.2, -0.15) is 0 Å². The zero-order valence-corrected chi connectivity index (χ0v) is 22.1. The van der Waals surface area contributed by atoms with Crippen molar-refractivity contribution in [1.82, 2.24) is 5.32 Å². The van der Waals surface area contributed by atoms with Gasteiger partial charge >= 0.3 is 11.9 Å². The van der Waals surface area contributed by atoms with E-state index in [2.05, 4.69) is 37.5 Å². The minimum atomic E-state index is -1.08. The van der Waals surface area contributed by atoms with Crippen LogP contribution in [0.5, 0.6) is 0 Å². The number of hydrogen-bond acceptors (Lipinski definition) is 5. The molecule has 2 aromatic rings. The van der Waals surface area contributed by atoms with Gasteiger partial charge in [-0.1, -0.05) is 62.7 Å². The fraction of sp³-hybridized carbons (Fsp3) is 0.464. The number of carboxylic acid groups (broad SMARTS) is 2. The van der Waals surface area contributed by atoms with Crippen LogP contribution in [0.2, 0.25) is 5.02 Å². The van der Waals surface area contributed by atoms with E-state index in [4.69, 9.17) is 21.8 Å². The highest BCUT2D eigenvalue weighted by atomic mass is 35.5. The van der Waals surface area contributed by atoms with Crippen LogP contribution in [0.25, 0.3) is 0 Å². The van der Waals surface area contributed by atoms with Crippen LogP contribution in [-0.4, -0.2) is 41.0 Å². The lowest BCUT2D eigenvalue weighted by Crippen LogP contribution is -2.16. The minimum absolute atomic E-state index is 0.183. The van der Waals surface area contributed by atoms with E-state index in [0.717, 1.165) is 54.2 Å². The smallest absolute Gasteiger partial charge is 0.303 e. The molecule has 36 heavy (non-hydrogen) atoms. The van der Waals surface area contributed by atoms with Gasteiger partial charge in [0.2, 0.25) is 0 Å². The van der Waals surface area contributed by atoms with E-state index in [-0.39, 0.29) is 24.0 Å². The molecular weight excluding hydrogens is 480 g/mol. The summed E-state index contributed by atoms with van der Waals surface area (Å²) in [6.45, 7) is 9.19. The molecule has 0 atom stereocenters. The van der Waals surface area contributed by atoms with Gasteiger partial charge in [0.1, 0.15) is 0 Å². The first-order valence-corrected chi connectivity index (χ1v) is 12.6. The molecule has 0 unspecified atom stereocenters. The summed E-state index contributed by atoms with van der Waals surface area (Å²) >= 11 is 6.49. The maximum absolute atomic E-state index is 12.4. The Balaban J connectivity index is 0.000000493. The number of anilines is 1. The molecule has 0 saturated heterocycles. The van der Waals surface area contributed by atoms with Crippen molar-refractivity contribution in [2.45, 2.75) is 65.8 Å². The maximum Gasteiger partial charge on any atom is 0.303 e. The Morgan fingerprint density at radius 2 is 1.53 bits per heavy atom. The molecule has 0 radical (unpaired) electrons. The molecule has 0 aromatic heterocycles. The number of Topliss-reactive ketones (excluding diaryl/α,β-unsaturated/α-hetero) is 1. The Morgan fingerprint density at radius 1 is 0.917 bits per heavy atom. The van der Waals surface area contributed by atoms with Crippen LogP contribution in [0.3, 0.4) is 0 Å². The average molecular weight is 517 g/mol. The monoisotopic (exact) mass is 516 g/mol. The Hall–Kier alpha value is -2.90. The number of carboxylic acids is 2. The zero-order valence-electron chi connectivity index (χ0n) is 21.3. The van der Waals surface area contributed by atoms with Crippen molar-refractivity contribution in [3.8, 4) is 0 Å². The number of benzene rings is 2. The lowest BCUT2D eigenvalue weighted by Gasteiger charge is -2.17. The lowest BCUT2D eigenvalue weighted by atomic mass is 9.88. The van der Waals surface area contributed by atoms with Crippen molar-refractivity contribution >= 4 is 35.0 Å². The summed E-state index contributed by atoms with van der Waals surface area (Å²) in [6, 6.07) is 12.1. The topological polar surface area (TPSA) is 116 Å². The third-order valence-corrected chi connectivity index (χ3v) is 6.20. The Labute approximate surface area is 218 Å². The fourth-order valence-corrected chi connectivity index (χ4v) is 4.02. The van der Waals surface area contributed by atoms with Crippen LogP contribution in [-0.2, 0) is 29.0 Å². The van der Waals surface area contributed by atoms with E-state index in [0.29, 0.717) is 13.0 Å². The predicted molar refractivity (Wildman–Crippen MR) is 143 cm³/mol. The van der Waals surface area contributed by atoms with Crippen LogP contribution in [0.1, 0.15) is 73.5 Å². The number of rotatable bonds is 9. The molecule has 7 nitrogen and oxygen atoms in total. The van der Waals surface area contributed by atoms with Gasteiger partial charge in [0.15, 0.2) is 5.78 Å². The van der Waals surface area contributed by atoms with Crippen LogP contribution in [0, 0.1) is 5.41 Å². The largest absolute Gasteiger partial charge is 0.481 e. The van der Waals surface area contributed by atoms with Gasteiger partial charge in [0, 0.05) is 18.5 Å². The van der Waals surface area contributed by atoms with Gasteiger partial charge in [-0.25, -0.2) is 0 Å². The Kier molecular flexibility index (Phi) is 11.4. The van der Waals surface area contributed by atoms with E-state index in [1.807, 2.05) is 30.3 Å². The molecule has 1 aliphatic heterocycles. The first kappa shape index (κ1) is 29.3. The number of carbonyl (C=O) groups excluding carboxylic acids is 1. The second-order valence-electron chi connectivity index (χ2n) is 10.1. The number of halogens is 1. The molecule has 0 amide bonds. The van der Waals surface area contributed by atoms with Gasteiger partial charge in [0.25, 0.3) is 0 Å². The highest BCUT2D eigenvalue weighted by Gasteiger charge is 2.16. The molecule has 0 fully saturated rings. The summed E-state index contributed by atoms with van der Waals surface area (Å²) in [5.41, 5.74) is 5.87. The fourth-order valence-electron chi connectivity index (χ4n) is 3.78. The van der Waals surface area contributed by atoms with Crippen molar-refractivity contribution in [3.05, 3.63) is 63.7 Å². The number of nitrogens with one attached hydrogen (secondary N) is 2. The molecule has 1 aliphatic rings. The summed E-state index contributed by atoms with van der Waals surface area (Å²) in [5, 5.41) is 23.6. The summed E-state index contributed by atoms with van der Waals surface area (Å²) in [4.78, 5) is 31.7. The van der Waals surface area contributed by atoms with E-state index in [9.17, 15) is 14.4 Å². The van der Waals surface area contributed by atoms with Crippen molar-refractivity contribution < 1.29 is 24.6 Å². The molecule has 8 heteroatoms. The third-order valence-electron chi connectivity index (χ3n) is 5.88. The van der Waals surface area contributed by atoms with Crippen LogP contribution < -0.4 is 10.6 Å². The Bertz CT molecular complexity index is 1030. The molecule has 1 heterocycles. The van der Waals surface area contributed by atoms with Crippen LogP contribution >= 0.6 is 11.6 Å². The highest BCUT2D eigenvalue weighted by molar-refractivity contribution is 6.33. The number of carbonyl (C=O) groups is 3. The number of ketones is 1. The molecule has 196 valence electrons. The molecule has 2 aromatic carbocycles. The van der Waals surface area contributed by atoms with Gasteiger partial charge in [-0.3, -0.25) is 14.4 Å². The SMILES string of the molecule is CC(C)(C)CCC(=O)c1ccc(CNc2c(Cl)ccc3c2CCNCC3)cc1.O=C(O)CCC(=O)O. The average Bonchev–Trinajstić information content (AvgIpc) is 3.06. The first-order valence-electron chi connectivity index (χ1n) is 12.3. The van der Waals surface area contributed by atoms with Gasteiger partial charge in [-0.05, 0) is 60.5 Å². The zero-order chi connectivity index (χ0) is 26.7. The van der Waals surface area contributed by atoms with E-state index < -0.39 is 11.9 Å². The number of hydrogen-bond donors (Lipinski definition) is 4. The van der Waals surface area contributed by atoms with Crippen molar-refractivity contribution in [2.75, 3.05) is 18.4 Å².